The number of nitrogens with zero attached hydrogens (tertiary/aromatic N) is 1. The number of hydrogen-bond donors (Lipinski definition) is 1. The van der Waals surface area contributed by atoms with E-state index in [9.17, 15) is 4.79 Å². The Hall–Kier alpha value is -1.06. The molecule has 2 unspecified atom stereocenters. The number of amides is 1. The molecule has 0 bridgehead atoms. The topological polar surface area (TPSA) is 46.3 Å². The van der Waals surface area contributed by atoms with E-state index in [1.807, 2.05) is 51.2 Å². The number of hydrogen-bond acceptors (Lipinski definition) is 2. The number of rotatable bonds is 5. The van der Waals surface area contributed by atoms with E-state index in [1.54, 1.807) is 4.90 Å². The Labute approximate surface area is 116 Å². The van der Waals surface area contributed by atoms with Gasteiger partial charge in [0, 0.05) is 7.05 Å². The average Bonchev–Trinajstić information content (AvgIpc) is 2.37. The van der Waals surface area contributed by atoms with Gasteiger partial charge >= 0.3 is 0 Å². The molecule has 18 heavy (non-hydrogen) atoms. The molecule has 0 aliphatic heterocycles. The summed E-state index contributed by atoms with van der Waals surface area (Å²) in [5.74, 6) is 0.0169. The molecule has 2 N–H and O–H groups in total. The van der Waals surface area contributed by atoms with Gasteiger partial charge in [0.2, 0.25) is 5.91 Å². The van der Waals surface area contributed by atoms with Crippen molar-refractivity contribution in [3.63, 3.8) is 0 Å². The van der Waals surface area contributed by atoms with Gasteiger partial charge in [-0.15, -0.1) is 12.4 Å². The normalized spacial score (nSPS) is 13.3. The van der Waals surface area contributed by atoms with Crippen molar-refractivity contribution in [3.8, 4) is 0 Å². The monoisotopic (exact) mass is 270 g/mol. The Morgan fingerprint density at radius 3 is 2.39 bits per heavy atom. The van der Waals surface area contributed by atoms with Crippen LogP contribution in [0.4, 0.5) is 0 Å². The van der Waals surface area contributed by atoms with Crippen molar-refractivity contribution in [2.24, 2.45) is 5.73 Å². The zero-order valence-electron chi connectivity index (χ0n) is 11.3. The minimum atomic E-state index is -0.379. The molecule has 0 heterocycles. The van der Waals surface area contributed by atoms with E-state index in [0.717, 1.165) is 18.4 Å². The molecule has 0 radical (unpaired) electrons. The molecule has 102 valence electrons. The molecule has 2 atom stereocenters. The second-order valence-corrected chi connectivity index (χ2v) is 4.43. The molecule has 0 spiro atoms. The molecule has 0 aliphatic rings. The Morgan fingerprint density at radius 2 is 1.89 bits per heavy atom. The van der Waals surface area contributed by atoms with Crippen molar-refractivity contribution < 1.29 is 4.79 Å². The maximum atomic E-state index is 12.0. The smallest absolute Gasteiger partial charge is 0.239 e. The highest BCUT2D eigenvalue weighted by molar-refractivity contribution is 5.85. The minimum Gasteiger partial charge on any atom is -0.338 e. The lowest BCUT2D eigenvalue weighted by molar-refractivity contribution is -0.133. The molecule has 4 heteroatoms. The molecule has 0 aromatic heterocycles. The predicted molar refractivity (Wildman–Crippen MR) is 77.8 cm³/mol. The Morgan fingerprint density at radius 1 is 1.33 bits per heavy atom. The van der Waals surface area contributed by atoms with Gasteiger partial charge in [0.1, 0.15) is 0 Å². The highest BCUT2D eigenvalue weighted by Crippen LogP contribution is 2.19. The lowest BCUT2D eigenvalue weighted by Crippen LogP contribution is -2.42. The first-order chi connectivity index (χ1) is 8.07. The van der Waals surface area contributed by atoms with Crippen LogP contribution in [0, 0.1) is 0 Å². The summed E-state index contributed by atoms with van der Waals surface area (Å²) < 4.78 is 0. The summed E-state index contributed by atoms with van der Waals surface area (Å²) in [4.78, 5) is 13.8. The van der Waals surface area contributed by atoms with Crippen LogP contribution in [-0.2, 0) is 4.79 Å². The first kappa shape index (κ1) is 16.9. The molecular weight excluding hydrogens is 248 g/mol. The van der Waals surface area contributed by atoms with Gasteiger partial charge in [0.15, 0.2) is 0 Å². The predicted octanol–water partition coefficient (Wildman–Crippen LogP) is 2.76. The molecule has 0 fully saturated rings. The van der Waals surface area contributed by atoms with Gasteiger partial charge < -0.3 is 10.6 Å². The van der Waals surface area contributed by atoms with Gasteiger partial charge in [0.25, 0.3) is 0 Å². The van der Waals surface area contributed by atoms with Gasteiger partial charge in [0.05, 0.1) is 12.1 Å². The van der Waals surface area contributed by atoms with E-state index >= 15 is 0 Å². The van der Waals surface area contributed by atoms with Gasteiger partial charge in [-0.1, -0.05) is 43.7 Å². The highest BCUT2D eigenvalue weighted by atomic mass is 35.5. The van der Waals surface area contributed by atoms with Crippen LogP contribution in [0.15, 0.2) is 30.3 Å². The second kappa shape index (κ2) is 8.11. The lowest BCUT2D eigenvalue weighted by Gasteiger charge is -2.27. The molecule has 1 aromatic rings. The van der Waals surface area contributed by atoms with Crippen LogP contribution in [0.1, 0.15) is 38.3 Å². The number of carbonyl (C=O) groups is 1. The third kappa shape index (κ3) is 4.31. The van der Waals surface area contributed by atoms with Crippen LogP contribution in [0.25, 0.3) is 0 Å². The van der Waals surface area contributed by atoms with Crippen LogP contribution in [0.2, 0.25) is 0 Å². The third-order valence-electron chi connectivity index (χ3n) is 3.13. The Bertz CT molecular complexity index is 356. The van der Waals surface area contributed by atoms with Crippen LogP contribution in [0.3, 0.4) is 0 Å². The van der Waals surface area contributed by atoms with Crippen LogP contribution >= 0.6 is 12.4 Å². The fraction of sp³-hybridized carbons (Fsp3) is 0.500. The number of carbonyl (C=O) groups excluding carboxylic acids is 1. The fourth-order valence-corrected chi connectivity index (χ4v) is 1.84. The number of likely N-dealkylation sites (N-methyl/N-ethyl adjacent to an activating group) is 1. The molecule has 3 nitrogen and oxygen atoms in total. The summed E-state index contributed by atoms with van der Waals surface area (Å²) >= 11 is 0. The van der Waals surface area contributed by atoms with Crippen molar-refractivity contribution in [1.29, 1.82) is 0 Å². The zero-order valence-corrected chi connectivity index (χ0v) is 12.1. The van der Waals surface area contributed by atoms with E-state index < -0.39 is 0 Å². The summed E-state index contributed by atoms with van der Waals surface area (Å²) in [7, 11) is 1.82. The molecule has 0 saturated heterocycles. The summed E-state index contributed by atoms with van der Waals surface area (Å²) in [5.41, 5.74) is 6.98. The maximum Gasteiger partial charge on any atom is 0.239 e. The van der Waals surface area contributed by atoms with E-state index in [-0.39, 0.29) is 30.4 Å². The number of halogens is 1. The fourth-order valence-electron chi connectivity index (χ4n) is 1.84. The van der Waals surface area contributed by atoms with Crippen molar-refractivity contribution in [1.82, 2.24) is 4.90 Å². The van der Waals surface area contributed by atoms with E-state index in [1.165, 1.54) is 0 Å². The SMILES string of the molecule is CCCC(N)C(=O)N(C)C(C)c1ccccc1.Cl. The van der Waals surface area contributed by atoms with Crippen LogP contribution < -0.4 is 5.73 Å². The van der Waals surface area contributed by atoms with E-state index in [2.05, 4.69) is 0 Å². The molecular formula is C14H23ClN2O. The highest BCUT2D eigenvalue weighted by Gasteiger charge is 2.21. The Kier molecular flexibility index (Phi) is 7.64. The standard InChI is InChI=1S/C14H22N2O.ClH/c1-4-8-13(15)14(17)16(3)11(2)12-9-6-5-7-10-12;/h5-7,9-11,13H,4,8,15H2,1-3H3;1H. The number of benzene rings is 1. The van der Waals surface area contributed by atoms with Gasteiger partial charge in [-0.2, -0.15) is 0 Å². The molecule has 1 rings (SSSR count). The second-order valence-electron chi connectivity index (χ2n) is 4.43. The van der Waals surface area contributed by atoms with Crippen molar-refractivity contribution in [2.45, 2.75) is 38.8 Å². The van der Waals surface area contributed by atoms with Crippen LogP contribution in [-0.4, -0.2) is 23.9 Å². The van der Waals surface area contributed by atoms with Crippen molar-refractivity contribution >= 4 is 18.3 Å². The van der Waals surface area contributed by atoms with Gasteiger partial charge in [-0.05, 0) is 18.9 Å². The third-order valence-corrected chi connectivity index (χ3v) is 3.13. The quantitative estimate of drug-likeness (QED) is 0.894. The summed E-state index contributed by atoms with van der Waals surface area (Å²) in [5, 5.41) is 0. The average molecular weight is 271 g/mol. The lowest BCUT2D eigenvalue weighted by atomic mass is 10.1. The minimum absolute atomic E-state index is 0. The van der Waals surface area contributed by atoms with Crippen LogP contribution in [0.5, 0.6) is 0 Å². The summed E-state index contributed by atoms with van der Waals surface area (Å²) in [6, 6.07) is 9.68. The summed E-state index contributed by atoms with van der Waals surface area (Å²) in [6.45, 7) is 4.06. The maximum absolute atomic E-state index is 12.0. The number of nitrogens with two attached hydrogens (primary N) is 1. The largest absolute Gasteiger partial charge is 0.338 e. The first-order valence-corrected chi connectivity index (χ1v) is 6.15. The van der Waals surface area contributed by atoms with Gasteiger partial charge in [-0.25, -0.2) is 0 Å². The molecule has 1 aromatic carbocycles. The van der Waals surface area contributed by atoms with Gasteiger partial charge in [-0.3, -0.25) is 4.79 Å². The zero-order chi connectivity index (χ0) is 12.8. The van der Waals surface area contributed by atoms with E-state index in [4.69, 9.17) is 5.73 Å². The molecule has 0 aliphatic carbocycles. The summed E-state index contributed by atoms with van der Waals surface area (Å²) in [6.07, 6.45) is 1.67. The Balaban J connectivity index is 0.00000289. The molecule has 1 amide bonds. The van der Waals surface area contributed by atoms with E-state index in [0.29, 0.717) is 0 Å². The molecule has 0 saturated carbocycles. The van der Waals surface area contributed by atoms with Crippen molar-refractivity contribution in [2.75, 3.05) is 7.05 Å². The first-order valence-electron chi connectivity index (χ1n) is 6.15. The van der Waals surface area contributed by atoms with Crippen molar-refractivity contribution in [3.05, 3.63) is 35.9 Å².